The van der Waals surface area contributed by atoms with Crippen molar-refractivity contribution in [3.63, 3.8) is 0 Å². The molecular formula is C22H25ClN2O9. The van der Waals surface area contributed by atoms with E-state index in [1.54, 1.807) is 13.2 Å². The number of nitrogens with two attached hydrogens (primary N) is 1. The lowest BCUT2D eigenvalue weighted by molar-refractivity contribution is -0.159. The van der Waals surface area contributed by atoms with Gasteiger partial charge in [0, 0.05) is 19.5 Å². The topological polar surface area (TPSA) is 167 Å². The summed E-state index contributed by atoms with van der Waals surface area (Å²) < 4.78 is 22.0. The van der Waals surface area contributed by atoms with Crippen molar-refractivity contribution in [2.45, 2.75) is 19.5 Å². The molecule has 0 fully saturated rings. The summed E-state index contributed by atoms with van der Waals surface area (Å²) in [7, 11) is 1.55. The summed E-state index contributed by atoms with van der Waals surface area (Å²) in [5.74, 6) is -1.89. The van der Waals surface area contributed by atoms with Gasteiger partial charge in [0.1, 0.15) is 0 Å². The maximum Gasteiger partial charge on any atom is 0.414 e. The predicted octanol–water partition coefficient (Wildman–Crippen LogP) is 1.82. The predicted molar refractivity (Wildman–Crippen MR) is 121 cm³/mol. The second kappa shape index (κ2) is 13.1. The number of carboxylic acids is 2. The molecule has 0 atom stereocenters. The molecule has 1 amide bonds. The van der Waals surface area contributed by atoms with Crippen molar-refractivity contribution in [3.05, 3.63) is 46.5 Å². The molecule has 1 aliphatic rings. The Morgan fingerprint density at radius 3 is 2.35 bits per heavy atom. The van der Waals surface area contributed by atoms with Crippen molar-refractivity contribution in [2.24, 2.45) is 5.73 Å². The lowest BCUT2D eigenvalue weighted by atomic mass is 10.1. The van der Waals surface area contributed by atoms with Crippen molar-refractivity contribution in [1.82, 2.24) is 5.32 Å². The van der Waals surface area contributed by atoms with Gasteiger partial charge >= 0.3 is 11.9 Å². The van der Waals surface area contributed by atoms with Gasteiger partial charge < -0.3 is 40.2 Å². The monoisotopic (exact) mass is 496 g/mol. The maximum atomic E-state index is 10.9. The number of carbonyl (C=O) groups excluding carboxylic acids is 1. The maximum absolute atomic E-state index is 10.9. The van der Waals surface area contributed by atoms with Gasteiger partial charge in [-0.3, -0.25) is 4.79 Å². The molecule has 0 saturated heterocycles. The Balaban J connectivity index is 0.000000604. The van der Waals surface area contributed by atoms with E-state index in [1.807, 2.05) is 24.3 Å². The molecule has 0 aromatic heterocycles. The van der Waals surface area contributed by atoms with Crippen LogP contribution >= 0.6 is 11.6 Å². The first-order valence-corrected chi connectivity index (χ1v) is 10.4. The van der Waals surface area contributed by atoms with Crippen LogP contribution in [0.4, 0.5) is 0 Å². The number of carboxylic acid groups (broad SMARTS) is 2. The van der Waals surface area contributed by atoms with Gasteiger partial charge in [0.2, 0.25) is 0 Å². The average Bonchev–Trinajstić information content (AvgIpc) is 3.04. The lowest BCUT2D eigenvalue weighted by Crippen LogP contribution is -2.20. The number of benzene rings is 2. The quantitative estimate of drug-likeness (QED) is 0.396. The number of hydrogen-bond acceptors (Lipinski definition) is 8. The molecule has 12 heteroatoms. The smallest absolute Gasteiger partial charge is 0.414 e. The number of carbonyl (C=O) groups is 3. The minimum atomic E-state index is -1.82. The second-order valence-corrected chi connectivity index (χ2v) is 7.32. The Morgan fingerprint density at radius 1 is 1.03 bits per heavy atom. The summed E-state index contributed by atoms with van der Waals surface area (Å²) in [5, 5.41) is 18.7. The molecule has 3 rings (SSSR count). The van der Waals surface area contributed by atoms with Crippen LogP contribution in [0, 0.1) is 0 Å². The molecule has 1 aliphatic heterocycles. The molecule has 0 spiro atoms. The molecule has 2 aromatic carbocycles. The number of methoxy groups -OCH3 is 1. The number of fused-ring (bicyclic) bond motifs is 1. The number of aliphatic carboxylic acids is 2. The van der Waals surface area contributed by atoms with E-state index in [1.165, 1.54) is 0 Å². The fraction of sp³-hybridized carbons (Fsp3) is 0.318. The second-order valence-electron chi connectivity index (χ2n) is 6.91. The minimum absolute atomic E-state index is 0.196. The van der Waals surface area contributed by atoms with Gasteiger partial charge in [-0.05, 0) is 35.4 Å². The summed E-state index contributed by atoms with van der Waals surface area (Å²) in [6.07, 6.45) is 0.833. The first-order chi connectivity index (χ1) is 16.2. The fourth-order valence-electron chi connectivity index (χ4n) is 2.83. The van der Waals surface area contributed by atoms with Crippen LogP contribution in [0.1, 0.15) is 17.5 Å². The highest BCUT2D eigenvalue weighted by molar-refractivity contribution is 6.32. The summed E-state index contributed by atoms with van der Waals surface area (Å²) in [4.78, 5) is 29.1. The number of ether oxygens (including phenoxy) is 4. The van der Waals surface area contributed by atoms with Crippen LogP contribution in [0.15, 0.2) is 30.3 Å². The Morgan fingerprint density at radius 2 is 1.71 bits per heavy atom. The van der Waals surface area contributed by atoms with Gasteiger partial charge in [0.25, 0.3) is 5.91 Å². The Kier molecular flexibility index (Phi) is 10.2. The van der Waals surface area contributed by atoms with Crippen molar-refractivity contribution >= 4 is 29.4 Å². The Bertz CT molecular complexity index is 1020. The van der Waals surface area contributed by atoms with Gasteiger partial charge in [0.15, 0.2) is 29.6 Å². The molecule has 0 aliphatic carbocycles. The molecule has 184 valence electrons. The van der Waals surface area contributed by atoms with Crippen molar-refractivity contribution in [2.75, 3.05) is 26.9 Å². The highest BCUT2D eigenvalue weighted by Gasteiger charge is 2.15. The highest BCUT2D eigenvalue weighted by atomic mass is 35.5. The SMILES string of the molecule is COc1cc(CNCc2cc(Cl)c3c(c2)OCCCO3)ccc1OCC(N)=O.O=C(O)C(=O)O. The van der Waals surface area contributed by atoms with Gasteiger partial charge in [0.05, 0.1) is 25.3 Å². The molecule has 0 bridgehead atoms. The number of amides is 1. The standard InChI is InChI=1S/C20H23ClN2O5.C2H2O4/c1-25-17-8-13(3-4-16(17)28-12-19(22)24)10-23-11-14-7-15(21)20-18(9-14)26-5-2-6-27-20;3-1(4)2(5)6/h3-4,7-9,23H,2,5-6,10-12H2,1H3,(H2,22,24);(H,3,4)(H,5,6). The van der Waals surface area contributed by atoms with Gasteiger partial charge in [-0.1, -0.05) is 17.7 Å². The third-order valence-electron chi connectivity index (χ3n) is 4.30. The van der Waals surface area contributed by atoms with Crippen molar-refractivity contribution in [3.8, 4) is 23.0 Å². The van der Waals surface area contributed by atoms with E-state index in [0.717, 1.165) is 17.5 Å². The number of halogens is 1. The molecule has 5 N–H and O–H groups in total. The van der Waals surface area contributed by atoms with Crippen molar-refractivity contribution in [1.29, 1.82) is 0 Å². The zero-order chi connectivity index (χ0) is 25.1. The molecule has 0 unspecified atom stereocenters. The number of rotatable bonds is 8. The van der Waals surface area contributed by atoms with Crippen LogP contribution in [0.25, 0.3) is 0 Å². The molecule has 34 heavy (non-hydrogen) atoms. The van der Waals surface area contributed by atoms with E-state index in [4.69, 9.17) is 56.1 Å². The van der Waals surface area contributed by atoms with Crippen LogP contribution in [0.2, 0.25) is 5.02 Å². The first-order valence-electron chi connectivity index (χ1n) is 10.0. The van der Waals surface area contributed by atoms with Gasteiger partial charge in [-0.15, -0.1) is 0 Å². The summed E-state index contributed by atoms with van der Waals surface area (Å²) in [6, 6.07) is 9.32. The molecule has 0 radical (unpaired) electrons. The number of nitrogens with one attached hydrogen (secondary N) is 1. The zero-order valence-corrected chi connectivity index (χ0v) is 19.1. The zero-order valence-electron chi connectivity index (χ0n) is 18.3. The van der Waals surface area contributed by atoms with E-state index >= 15 is 0 Å². The molecule has 0 saturated carbocycles. The normalized spacial score (nSPS) is 11.9. The van der Waals surface area contributed by atoms with E-state index < -0.39 is 17.8 Å². The van der Waals surface area contributed by atoms with Crippen LogP contribution in [0.3, 0.4) is 0 Å². The van der Waals surface area contributed by atoms with E-state index in [9.17, 15) is 4.79 Å². The first kappa shape index (κ1) is 26.6. The van der Waals surface area contributed by atoms with Crippen LogP contribution in [0.5, 0.6) is 23.0 Å². The van der Waals surface area contributed by atoms with E-state index in [2.05, 4.69) is 5.32 Å². The van der Waals surface area contributed by atoms with Crippen LogP contribution < -0.4 is 30.0 Å². The molecule has 1 heterocycles. The third kappa shape index (κ3) is 8.34. The largest absolute Gasteiger partial charge is 0.493 e. The number of primary amides is 1. The summed E-state index contributed by atoms with van der Waals surface area (Å²) >= 11 is 6.33. The number of hydrogen-bond donors (Lipinski definition) is 4. The van der Waals surface area contributed by atoms with E-state index in [0.29, 0.717) is 54.3 Å². The Hall–Kier alpha value is -3.70. The van der Waals surface area contributed by atoms with Crippen LogP contribution in [-0.2, 0) is 27.5 Å². The van der Waals surface area contributed by atoms with Crippen molar-refractivity contribution < 1.29 is 43.5 Å². The fourth-order valence-corrected chi connectivity index (χ4v) is 3.12. The Labute approximate surface area is 200 Å². The van der Waals surface area contributed by atoms with Gasteiger partial charge in [-0.2, -0.15) is 0 Å². The average molecular weight is 497 g/mol. The van der Waals surface area contributed by atoms with Gasteiger partial charge in [-0.25, -0.2) is 9.59 Å². The molecular weight excluding hydrogens is 472 g/mol. The minimum Gasteiger partial charge on any atom is -0.493 e. The summed E-state index contributed by atoms with van der Waals surface area (Å²) in [6.45, 7) is 2.24. The van der Waals surface area contributed by atoms with E-state index in [-0.39, 0.29) is 6.61 Å². The molecule has 11 nitrogen and oxygen atoms in total. The highest BCUT2D eigenvalue weighted by Crippen LogP contribution is 2.38. The third-order valence-corrected chi connectivity index (χ3v) is 4.58. The lowest BCUT2D eigenvalue weighted by Gasteiger charge is -2.13. The summed E-state index contributed by atoms with van der Waals surface area (Å²) in [5.41, 5.74) is 7.11. The van der Waals surface area contributed by atoms with Crippen LogP contribution in [-0.4, -0.2) is 55.0 Å². The molecule has 2 aromatic rings.